The minimum absolute atomic E-state index is 0. The zero-order valence-electron chi connectivity index (χ0n) is 7.79. The Morgan fingerprint density at radius 1 is 0.571 bits per heavy atom. The summed E-state index contributed by atoms with van der Waals surface area (Å²) in [6.45, 7) is 0. The van der Waals surface area contributed by atoms with Gasteiger partial charge in [0, 0.05) is 0 Å². The summed E-state index contributed by atoms with van der Waals surface area (Å²) >= 11 is 0. The normalized spacial score (nSPS) is 0. The molecule has 0 rings (SSSR count). The second-order valence-corrected chi connectivity index (χ2v) is 0. The van der Waals surface area contributed by atoms with Crippen LogP contribution >= 0.6 is 0 Å². The van der Waals surface area contributed by atoms with Crippen molar-refractivity contribution in [1.29, 1.82) is 0 Å². The monoisotopic (exact) mass is 238 g/mol. The third-order valence-electron chi connectivity index (χ3n) is 0. The van der Waals surface area contributed by atoms with E-state index in [0.717, 1.165) is 0 Å². The fourth-order valence-corrected chi connectivity index (χ4v) is 0. The van der Waals surface area contributed by atoms with E-state index in [4.69, 9.17) is 0 Å². The van der Waals surface area contributed by atoms with Gasteiger partial charge in [0.2, 0.25) is 0 Å². The second-order valence-electron chi connectivity index (χ2n) is 0. The SMILES string of the molecule is [Ga+3].[Ga+3].[H-].[H-].[H-].[H-].[Mg+2].[Mg+2].[O-2].[O-2].[O-2]. The molecular formula is H4Ga2Mg2O3. The first-order valence-corrected chi connectivity index (χ1v) is 0. The molecule has 0 saturated heterocycles. The molecule has 0 aromatic rings. The maximum atomic E-state index is 0. The molecule has 0 aromatic carbocycles. The van der Waals surface area contributed by atoms with Crippen molar-refractivity contribution in [1.82, 2.24) is 0 Å². The first kappa shape index (κ1) is 101. The zero-order valence-corrected chi connectivity index (χ0v) is 11.5. The molecule has 0 unspecified atom stereocenters. The number of hydrogen-bond donors (Lipinski definition) is 0. The molecule has 0 spiro atoms. The Balaban J connectivity index is 0. The van der Waals surface area contributed by atoms with Crippen LogP contribution in [0.4, 0.5) is 0 Å². The van der Waals surface area contributed by atoms with Crippen LogP contribution in [-0.2, 0) is 16.4 Å². The van der Waals surface area contributed by atoms with Crippen LogP contribution in [0, 0.1) is 0 Å². The minimum Gasteiger partial charge on any atom is -2.00 e. The molecular weight excluding hydrogens is 236 g/mol. The molecule has 0 aromatic heterocycles. The summed E-state index contributed by atoms with van der Waals surface area (Å²) in [5.41, 5.74) is 0. The predicted octanol–water partition coefficient (Wildman–Crippen LogP) is -1.43. The molecule has 3 nitrogen and oxygen atoms in total. The maximum absolute atomic E-state index is 0. The number of rotatable bonds is 0. The predicted molar refractivity (Wildman–Crippen MR) is 29.5 cm³/mol. The fourth-order valence-electron chi connectivity index (χ4n) is 0. The molecule has 0 saturated carbocycles. The van der Waals surface area contributed by atoms with E-state index < -0.39 is 0 Å². The van der Waals surface area contributed by atoms with Gasteiger partial charge in [-0.25, -0.2) is 0 Å². The largest absolute Gasteiger partial charge is 3.00 e. The van der Waals surface area contributed by atoms with E-state index in [1.807, 2.05) is 0 Å². The topological polar surface area (TPSA) is 85.5 Å². The van der Waals surface area contributed by atoms with E-state index in [1.165, 1.54) is 0 Å². The van der Waals surface area contributed by atoms with Crippen molar-refractivity contribution in [2.24, 2.45) is 0 Å². The van der Waals surface area contributed by atoms with Crippen molar-refractivity contribution in [3.63, 3.8) is 0 Å². The Kier molecular flexibility index (Phi) is 1030. The van der Waals surface area contributed by atoms with Crippen LogP contribution in [0.25, 0.3) is 0 Å². The molecule has 0 aliphatic carbocycles. The van der Waals surface area contributed by atoms with Crippen molar-refractivity contribution >= 4 is 85.7 Å². The molecule has 0 N–H and O–H groups in total. The maximum Gasteiger partial charge on any atom is 3.00 e. The van der Waals surface area contributed by atoms with Gasteiger partial charge in [-0.3, -0.25) is 0 Å². The van der Waals surface area contributed by atoms with Gasteiger partial charge in [0.15, 0.2) is 0 Å². The molecule has 7 heavy (non-hydrogen) atoms. The van der Waals surface area contributed by atoms with Gasteiger partial charge in [-0.05, 0) is 0 Å². The molecule has 0 aliphatic heterocycles. The first-order chi connectivity index (χ1) is 0. The summed E-state index contributed by atoms with van der Waals surface area (Å²) in [4.78, 5) is 0. The molecule has 0 heterocycles. The van der Waals surface area contributed by atoms with Crippen LogP contribution in [-0.4, -0.2) is 85.7 Å². The first-order valence-electron chi connectivity index (χ1n) is 0. The van der Waals surface area contributed by atoms with E-state index in [2.05, 4.69) is 0 Å². The van der Waals surface area contributed by atoms with E-state index in [1.54, 1.807) is 0 Å². The Morgan fingerprint density at radius 3 is 0.571 bits per heavy atom. The van der Waals surface area contributed by atoms with Crippen molar-refractivity contribution < 1.29 is 22.1 Å². The van der Waals surface area contributed by atoms with Gasteiger partial charge >= 0.3 is 85.7 Å². The van der Waals surface area contributed by atoms with Crippen LogP contribution in [0.2, 0.25) is 0 Å². The molecule has 0 radical (unpaired) electrons. The summed E-state index contributed by atoms with van der Waals surface area (Å²) < 4.78 is 0. The minimum atomic E-state index is 0. The molecule has 0 amide bonds. The fraction of sp³-hybridized carbons (Fsp3) is 0. The Morgan fingerprint density at radius 2 is 0.571 bits per heavy atom. The average molecular weight is 240 g/mol. The van der Waals surface area contributed by atoms with Gasteiger partial charge in [-0.2, -0.15) is 0 Å². The Labute approximate surface area is 107 Å². The van der Waals surface area contributed by atoms with E-state index in [0.29, 0.717) is 0 Å². The Hall–Kier alpha value is 2.69. The quantitative estimate of drug-likeness (QED) is 0.465. The van der Waals surface area contributed by atoms with Crippen molar-refractivity contribution in [3.05, 3.63) is 0 Å². The molecule has 32 valence electrons. The zero-order chi connectivity index (χ0) is 0. The van der Waals surface area contributed by atoms with Crippen molar-refractivity contribution in [2.75, 3.05) is 0 Å². The van der Waals surface area contributed by atoms with Gasteiger partial charge in [0.25, 0.3) is 0 Å². The van der Waals surface area contributed by atoms with E-state index in [-0.39, 0.29) is 108 Å². The third kappa shape index (κ3) is 53.8. The standard InChI is InChI=1S/2Ga.2Mg.3O.4H/q2*+3;2*+2;3*-2;4*-1. The second kappa shape index (κ2) is 71.1. The molecule has 0 aliphatic rings. The number of hydrogen-bond acceptors (Lipinski definition) is 0. The molecule has 0 bridgehead atoms. The van der Waals surface area contributed by atoms with Crippen molar-refractivity contribution in [3.8, 4) is 0 Å². The molecule has 0 fully saturated rings. The van der Waals surface area contributed by atoms with Gasteiger partial charge < -0.3 is 22.1 Å². The summed E-state index contributed by atoms with van der Waals surface area (Å²) in [6, 6.07) is 0. The van der Waals surface area contributed by atoms with Crippen LogP contribution in [0.15, 0.2) is 0 Å². The van der Waals surface area contributed by atoms with Gasteiger partial charge in [0.05, 0.1) is 0 Å². The van der Waals surface area contributed by atoms with E-state index >= 15 is 0 Å². The molecule has 0 atom stereocenters. The van der Waals surface area contributed by atoms with Crippen LogP contribution in [0.1, 0.15) is 5.71 Å². The summed E-state index contributed by atoms with van der Waals surface area (Å²) in [5, 5.41) is 0. The third-order valence-corrected chi connectivity index (χ3v) is 0. The Bertz CT molecular complexity index is 21.3. The summed E-state index contributed by atoms with van der Waals surface area (Å²) in [5.74, 6) is 0. The summed E-state index contributed by atoms with van der Waals surface area (Å²) in [6.07, 6.45) is 0. The van der Waals surface area contributed by atoms with Crippen LogP contribution in [0.3, 0.4) is 0 Å². The van der Waals surface area contributed by atoms with Crippen LogP contribution in [0.5, 0.6) is 0 Å². The average Bonchev–Trinajstić information content (AvgIpc) is 0. The van der Waals surface area contributed by atoms with Crippen molar-refractivity contribution in [2.45, 2.75) is 0 Å². The molecule has 7 heteroatoms. The summed E-state index contributed by atoms with van der Waals surface area (Å²) in [7, 11) is 0. The van der Waals surface area contributed by atoms with Gasteiger partial charge in [-0.1, -0.05) is 0 Å². The van der Waals surface area contributed by atoms with Crippen LogP contribution < -0.4 is 0 Å². The van der Waals surface area contributed by atoms with Gasteiger partial charge in [0.1, 0.15) is 0 Å². The van der Waals surface area contributed by atoms with E-state index in [9.17, 15) is 0 Å². The van der Waals surface area contributed by atoms with Gasteiger partial charge in [-0.15, -0.1) is 0 Å². The smallest absolute Gasteiger partial charge is 2.00 e.